The van der Waals surface area contributed by atoms with Gasteiger partial charge in [-0.1, -0.05) is 47.5 Å². The van der Waals surface area contributed by atoms with Crippen molar-refractivity contribution in [1.82, 2.24) is 48.7 Å². The number of nitrogens with one attached hydrogen (secondary N) is 1. The van der Waals surface area contributed by atoms with Crippen LogP contribution in [0.2, 0.25) is 10.0 Å². The quantitative estimate of drug-likeness (QED) is 0.139. The number of allylic oxidation sites excluding steroid dienone is 1. The van der Waals surface area contributed by atoms with Crippen LogP contribution in [0.15, 0.2) is 98.1 Å². The van der Waals surface area contributed by atoms with Crippen LogP contribution in [0.1, 0.15) is 102 Å². The molecule has 3 atom stereocenters. The standard InChI is InChI=1S/C27H31ClN6O2.C27H29ClN6O2/c2*1-17(2)36-27(35)34-11-9-33(10-12-34)26-20-7-6-19(28)14-21(20)22(13-18-5-4-8-31-25(18)26)24(29)23-15-30-16-32(23)3/h4-8,13-17,24,26H,9-12,29H2,1-3H3;4-8,13-17,26,29H,9-12H2,1-3H3/t24-,26+;26-/m10/s1. The molecule has 16 nitrogen and oxygen atoms in total. The number of carbonyl (C=O) groups is 2. The first kappa shape index (κ1) is 50.3. The van der Waals surface area contributed by atoms with Gasteiger partial charge in [0.05, 0.1) is 83.9 Å². The van der Waals surface area contributed by atoms with Crippen LogP contribution in [0.3, 0.4) is 0 Å². The van der Waals surface area contributed by atoms with Gasteiger partial charge in [0.25, 0.3) is 0 Å². The molecule has 2 aliphatic carbocycles. The molecule has 2 fully saturated rings. The van der Waals surface area contributed by atoms with Crippen LogP contribution in [0, 0.1) is 5.41 Å². The second kappa shape index (κ2) is 21.6. The monoisotopic (exact) mass is 1010 g/mol. The molecule has 2 amide bonds. The van der Waals surface area contributed by atoms with Crippen molar-refractivity contribution in [3.63, 3.8) is 0 Å². The molecule has 2 saturated heterocycles. The second-order valence-electron chi connectivity index (χ2n) is 19.0. The summed E-state index contributed by atoms with van der Waals surface area (Å²) in [4.78, 5) is 51.3. The number of hydrogen-bond acceptors (Lipinski definition) is 12. The lowest BCUT2D eigenvalue weighted by molar-refractivity contribution is 0.0506. The number of carbonyl (C=O) groups excluding carboxylic acids is 2. The van der Waals surface area contributed by atoms with Gasteiger partial charge in [-0.25, -0.2) is 19.6 Å². The van der Waals surface area contributed by atoms with Crippen LogP contribution < -0.4 is 5.73 Å². The maximum Gasteiger partial charge on any atom is 0.410 e. The highest BCUT2D eigenvalue weighted by Crippen LogP contribution is 2.44. The highest BCUT2D eigenvalue weighted by molar-refractivity contribution is 6.35. The van der Waals surface area contributed by atoms with Crippen LogP contribution in [-0.4, -0.2) is 131 Å². The van der Waals surface area contributed by atoms with Crippen molar-refractivity contribution in [2.24, 2.45) is 19.8 Å². The van der Waals surface area contributed by atoms with Crippen LogP contribution in [-0.2, 0) is 23.6 Å². The summed E-state index contributed by atoms with van der Waals surface area (Å²) < 4.78 is 14.6. The number of piperazine rings is 2. The van der Waals surface area contributed by atoms with Crippen LogP contribution >= 0.6 is 23.2 Å². The molecule has 0 saturated carbocycles. The first-order chi connectivity index (χ1) is 34.7. The zero-order valence-electron chi connectivity index (χ0n) is 41.4. The molecular formula is C54H60Cl2N12O4. The predicted molar refractivity (Wildman–Crippen MR) is 281 cm³/mol. The average Bonchev–Trinajstić information content (AvgIpc) is 3.93. The molecule has 0 radical (unpaired) electrons. The van der Waals surface area contributed by atoms with Crippen molar-refractivity contribution in [2.75, 3.05) is 52.4 Å². The number of ether oxygens (including phenoxy) is 2. The molecule has 0 unspecified atom stereocenters. The largest absolute Gasteiger partial charge is 0.447 e. The first-order valence-corrected chi connectivity index (χ1v) is 25.0. The predicted octanol–water partition coefficient (Wildman–Crippen LogP) is 8.92. The van der Waals surface area contributed by atoms with Gasteiger partial charge in [0.2, 0.25) is 0 Å². The van der Waals surface area contributed by atoms with Gasteiger partial charge in [0.15, 0.2) is 0 Å². The summed E-state index contributed by atoms with van der Waals surface area (Å²) in [6.07, 6.45) is 13.9. The molecule has 72 heavy (non-hydrogen) atoms. The van der Waals surface area contributed by atoms with Gasteiger partial charge in [0, 0.05) is 94.5 Å². The lowest BCUT2D eigenvalue weighted by Crippen LogP contribution is -2.50. The van der Waals surface area contributed by atoms with E-state index in [9.17, 15) is 9.59 Å². The lowest BCUT2D eigenvalue weighted by Gasteiger charge is -2.39. The van der Waals surface area contributed by atoms with E-state index >= 15 is 0 Å². The number of benzene rings is 2. The molecule has 374 valence electrons. The Bertz CT molecular complexity index is 3040. The van der Waals surface area contributed by atoms with Crippen molar-refractivity contribution in [1.29, 1.82) is 5.41 Å². The average molecular weight is 1010 g/mol. The third-order valence-corrected chi connectivity index (χ3v) is 14.0. The summed E-state index contributed by atoms with van der Waals surface area (Å²) >= 11 is 13.0. The van der Waals surface area contributed by atoms with Gasteiger partial charge in [0.1, 0.15) is 0 Å². The molecule has 2 aromatic carbocycles. The maximum absolute atomic E-state index is 12.5. The number of pyridine rings is 2. The van der Waals surface area contributed by atoms with Crippen LogP contribution in [0.4, 0.5) is 9.59 Å². The summed E-state index contributed by atoms with van der Waals surface area (Å²) in [5.41, 5.74) is 18.5. The van der Waals surface area contributed by atoms with Gasteiger partial charge in [-0.05, 0) is 115 Å². The van der Waals surface area contributed by atoms with Gasteiger partial charge >= 0.3 is 12.2 Å². The van der Waals surface area contributed by atoms with E-state index in [1.54, 1.807) is 34.8 Å². The van der Waals surface area contributed by atoms with Gasteiger partial charge in [-0.15, -0.1) is 0 Å². The van der Waals surface area contributed by atoms with Crippen molar-refractivity contribution in [3.05, 3.63) is 164 Å². The fourth-order valence-electron chi connectivity index (χ4n) is 9.99. The zero-order valence-corrected chi connectivity index (χ0v) is 42.9. The Morgan fingerprint density at radius 1 is 0.667 bits per heavy atom. The number of nitrogens with zero attached hydrogens (tertiary/aromatic N) is 10. The molecule has 4 aliphatic rings. The van der Waals surface area contributed by atoms with E-state index in [4.69, 9.17) is 53.8 Å². The molecule has 6 aromatic rings. The molecule has 10 rings (SSSR count). The zero-order chi connectivity index (χ0) is 50.8. The maximum atomic E-state index is 12.5. The Hall–Kier alpha value is -6.69. The molecule has 4 aromatic heterocycles. The fourth-order valence-corrected chi connectivity index (χ4v) is 10.3. The normalized spacial score (nSPS) is 18.3. The third kappa shape index (κ3) is 10.5. The highest BCUT2D eigenvalue weighted by Gasteiger charge is 2.37. The number of aromatic nitrogens is 6. The van der Waals surface area contributed by atoms with E-state index in [-0.39, 0.29) is 36.5 Å². The summed E-state index contributed by atoms with van der Waals surface area (Å²) in [5.74, 6) is 0. The minimum absolute atomic E-state index is 0.107. The van der Waals surface area contributed by atoms with E-state index in [1.807, 2.05) is 118 Å². The number of aryl methyl sites for hydroxylation is 2. The summed E-state index contributed by atoms with van der Waals surface area (Å²) in [6.45, 7) is 12.5. The Kier molecular flexibility index (Phi) is 15.1. The van der Waals surface area contributed by atoms with Crippen molar-refractivity contribution in [2.45, 2.75) is 58.0 Å². The van der Waals surface area contributed by atoms with E-state index in [0.29, 0.717) is 73.8 Å². The van der Waals surface area contributed by atoms with Crippen LogP contribution in [0.5, 0.6) is 0 Å². The topological polar surface area (TPSA) is 177 Å². The van der Waals surface area contributed by atoms with Crippen molar-refractivity contribution in [3.8, 4) is 0 Å². The van der Waals surface area contributed by atoms with Gasteiger partial charge in [-0.2, -0.15) is 0 Å². The molecule has 2 aliphatic heterocycles. The van der Waals surface area contributed by atoms with Crippen molar-refractivity contribution >= 4 is 64.4 Å². The highest BCUT2D eigenvalue weighted by atomic mass is 35.5. The van der Waals surface area contributed by atoms with Gasteiger partial charge < -0.3 is 34.1 Å². The molecule has 3 N–H and O–H groups in total. The van der Waals surface area contributed by atoms with Gasteiger partial charge in [-0.3, -0.25) is 25.2 Å². The lowest BCUT2D eigenvalue weighted by atomic mass is 9.90. The van der Waals surface area contributed by atoms with Crippen LogP contribution in [0.25, 0.3) is 23.3 Å². The molecule has 0 spiro atoms. The Labute approximate surface area is 430 Å². The smallest absolute Gasteiger partial charge is 0.410 e. The molecule has 0 bridgehead atoms. The first-order valence-electron chi connectivity index (χ1n) is 24.3. The van der Waals surface area contributed by atoms with E-state index < -0.39 is 6.04 Å². The fraction of sp³-hybridized carbons (Fsp3) is 0.352. The number of amides is 2. The number of rotatable bonds is 8. The summed E-state index contributed by atoms with van der Waals surface area (Å²) in [7, 11) is 3.83. The van der Waals surface area contributed by atoms with E-state index in [0.717, 1.165) is 61.6 Å². The second-order valence-corrected chi connectivity index (χ2v) is 19.8. The molecule has 18 heteroatoms. The van der Waals surface area contributed by atoms with E-state index in [2.05, 4.69) is 38.0 Å². The number of hydrogen-bond donors (Lipinski definition) is 2. The molecule has 6 heterocycles. The summed E-state index contributed by atoms with van der Waals surface area (Å²) in [6, 6.07) is 19.2. The summed E-state index contributed by atoms with van der Waals surface area (Å²) in [5, 5.41) is 10.4. The number of halogens is 2. The van der Waals surface area contributed by atoms with E-state index in [1.165, 1.54) is 0 Å². The number of nitrogens with two attached hydrogens (primary N) is 1. The Morgan fingerprint density at radius 2 is 1.15 bits per heavy atom. The Morgan fingerprint density at radius 3 is 1.64 bits per heavy atom. The Balaban J connectivity index is 0.000000178. The number of fused-ring (bicyclic) bond motifs is 4. The SMILES string of the molecule is CC(C)OC(=O)N1CCN([C@H]2c3ccc(Cl)cc3C(C(=N)c3cncn3C)=Cc3cccnc32)CC1.CC(C)OC(=O)N1CCN([C@H]2c3ccc(Cl)cc3C([C@@H](N)c3cncn3C)=Cc3cccnc32)CC1. The molecular weight excluding hydrogens is 952 g/mol. The third-order valence-electron chi connectivity index (χ3n) is 13.5. The minimum atomic E-state index is -0.399. The number of imidazole rings is 2. The minimum Gasteiger partial charge on any atom is -0.447 e. The van der Waals surface area contributed by atoms with Crippen molar-refractivity contribution < 1.29 is 19.1 Å².